The van der Waals surface area contributed by atoms with Crippen LogP contribution in [0.25, 0.3) is 0 Å². The lowest BCUT2D eigenvalue weighted by molar-refractivity contribution is -0.108. The van der Waals surface area contributed by atoms with E-state index in [2.05, 4.69) is 10.3 Å². The van der Waals surface area contributed by atoms with E-state index in [1.54, 1.807) is 10.9 Å². The summed E-state index contributed by atoms with van der Waals surface area (Å²) in [5, 5.41) is 7.71. The van der Waals surface area contributed by atoms with Crippen LogP contribution in [0.2, 0.25) is 0 Å². The maximum Gasteiger partial charge on any atom is 0.122 e. The fourth-order valence-corrected chi connectivity index (χ4v) is 1.14. The van der Waals surface area contributed by atoms with Crippen LogP contribution in [0.1, 0.15) is 12.1 Å². The summed E-state index contributed by atoms with van der Waals surface area (Å²) in [6, 6.07) is 0. The van der Waals surface area contributed by atoms with Crippen molar-refractivity contribution in [2.75, 3.05) is 26.5 Å². The topological polar surface area (TPSA) is 66.2 Å². The molecule has 0 amide bonds. The van der Waals surface area contributed by atoms with Crippen LogP contribution in [-0.2, 0) is 27.4 Å². The van der Waals surface area contributed by atoms with Crippen molar-refractivity contribution in [2.24, 2.45) is 0 Å². The van der Waals surface area contributed by atoms with Gasteiger partial charge in [-0.3, -0.25) is 0 Å². The van der Waals surface area contributed by atoms with E-state index in [0.29, 0.717) is 31.9 Å². The number of nitrogens with zero attached hydrogens (tertiary/aromatic N) is 3. The van der Waals surface area contributed by atoms with Gasteiger partial charge in [-0.2, -0.15) is 0 Å². The second-order valence-electron chi connectivity index (χ2n) is 3.28. The lowest BCUT2D eigenvalue weighted by atomic mass is 10.5. The van der Waals surface area contributed by atoms with Crippen LogP contribution >= 0.6 is 0 Å². The van der Waals surface area contributed by atoms with Crippen molar-refractivity contribution >= 4 is 6.29 Å². The van der Waals surface area contributed by atoms with Crippen molar-refractivity contribution in [3.63, 3.8) is 0 Å². The van der Waals surface area contributed by atoms with Crippen molar-refractivity contribution < 1.29 is 18.7 Å². The number of carbonyl (C=O) groups is 1. The molecule has 96 valence electrons. The van der Waals surface area contributed by atoms with E-state index >= 15 is 0 Å². The molecule has 17 heavy (non-hydrogen) atoms. The van der Waals surface area contributed by atoms with Crippen LogP contribution in [0.15, 0.2) is 6.20 Å². The third-order valence-electron chi connectivity index (χ3n) is 1.90. The van der Waals surface area contributed by atoms with E-state index < -0.39 is 6.67 Å². The number of aromatic nitrogens is 3. The molecule has 0 N–H and O–H groups in total. The molecule has 0 aromatic carbocycles. The fourth-order valence-electron chi connectivity index (χ4n) is 1.14. The Morgan fingerprint density at radius 1 is 1.35 bits per heavy atom. The Morgan fingerprint density at radius 3 is 3.00 bits per heavy atom. The largest absolute Gasteiger partial charge is 0.379 e. The summed E-state index contributed by atoms with van der Waals surface area (Å²) in [4.78, 5) is 10.0. The third kappa shape index (κ3) is 6.08. The van der Waals surface area contributed by atoms with Gasteiger partial charge in [0.1, 0.15) is 18.7 Å². The zero-order valence-corrected chi connectivity index (χ0v) is 9.55. The van der Waals surface area contributed by atoms with Crippen molar-refractivity contribution in [2.45, 2.75) is 19.6 Å². The first kappa shape index (κ1) is 13.7. The van der Waals surface area contributed by atoms with Crippen molar-refractivity contribution in [1.29, 1.82) is 0 Å². The second-order valence-corrected chi connectivity index (χ2v) is 3.28. The summed E-state index contributed by atoms with van der Waals surface area (Å²) < 4.78 is 23.5. The van der Waals surface area contributed by atoms with Gasteiger partial charge in [-0.15, -0.1) is 5.10 Å². The zero-order valence-electron chi connectivity index (χ0n) is 9.55. The molecule has 7 heteroatoms. The van der Waals surface area contributed by atoms with Crippen LogP contribution in [0, 0.1) is 0 Å². The smallest absolute Gasteiger partial charge is 0.122 e. The summed E-state index contributed by atoms with van der Waals surface area (Å²) >= 11 is 0. The normalized spacial score (nSPS) is 10.6. The number of ether oxygens (including phenoxy) is 2. The standard InChI is InChI=1S/C10H16FN3O3/c11-2-6-17-9-10-8-14(13-12-10)3-7-16-5-1-4-15/h4,8H,1-3,5-7,9H2/i11-1. The number of hydrogen-bond donors (Lipinski definition) is 0. The molecule has 0 saturated heterocycles. The third-order valence-corrected chi connectivity index (χ3v) is 1.90. The molecule has 0 saturated carbocycles. The Kier molecular flexibility index (Phi) is 7.08. The molecule has 1 aromatic heterocycles. The molecule has 0 aliphatic carbocycles. The summed E-state index contributed by atoms with van der Waals surface area (Å²) in [6.45, 7) is 1.29. The second kappa shape index (κ2) is 8.77. The van der Waals surface area contributed by atoms with Gasteiger partial charge in [0.2, 0.25) is 0 Å². The first-order valence-corrected chi connectivity index (χ1v) is 5.41. The van der Waals surface area contributed by atoms with Crippen molar-refractivity contribution in [3.8, 4) is 0 Å². The van der Waals surface area contributed by atoms with Crippen LogP contribution < -0.4 is 0 Å². The van der Waals surface area contributed by atoms with Gasteiger partial charge < -0.3 is 14.3 Å². The molecule has 1 rings (SSSR count). The molecular weight excluding hydrogens is 228 g/mol. The molecule has 0 aliphatic heterocycles. The van der Waals surface area contributed by atoms with Crippen LogP contribution in [0.4, 0.5) is 4.39 Å². The summed E-state index contributed by atoms with van der Waals surface area (Å²) in [6.07, 6.45) is 2.94. The van der Waals surface area contributed by atoms with Crippen LogP contribution in [0.5, 0.6) is 0 Å². The molecule has 1 aromatic rings. The van der Waals surface area contributed by atoms with E-state index in [1.165, 1.54) is 0 Å². The van der Waals surface area contributed by atoms with Gasteiger partial charge in [0, 0.05) is 6.42 Å². The quantitative estimate of drug-likeness (QED) is 0.439. The highest BCUT2D eigenvalue weighted by Gasteiger charge is 2.00. The Labute approximate surface area is 98.7 Å². The van der Waals surface area contributed by atoms with E-state index in [-0.39, 0.29) is 13.2 Å². The highest BCUT2D eigenvalue weighted by atomic mass is 18.2. The maximum absolute atomic E-state index is 11.8. The van der Waals surface area contributed by atoms with Gasteiger partial charge in [-0.25, -0.2) is 9.07 Å². The van der Waals surface area contributed by atoms with Crippen LogP contribution in [-0.4, -0.2) is 47.8 Å². The molecule has 0 fully saturated rings. The highest BCUT2D eigenvalue weighted by molar-refractivity contribution is 5.49. The Bertz CT molecular complexity index is 319. The summed E-state index contributed by atoms with van der Waals surface area (Å²) in [5.74, 6) is 0. The number of hydrogen-bond acceptors (Lipinski definition) is 5. The number of halogens is 1. The van der Waals surface area contributed by atoms with Gasteiger partial charge in [0.25, 0.3) is 0 Å². The minimum Gasteiger partial charge on any atom is -0.379 e. The number of aldehydes is 1. The lowest BCUT2D eigenvalue weighted by Crippen LogP contribution is -2.07. The fraction of sp³-hybridized carbons (Fsp3) is 0.700. The SMILES string of the molecule is O=CCCOCCn1cc(COCC[18F])nn1. The van der Waals surface area contributed by atoms with Gasteiger partial charge in [-0.05, 0) is 0 Å². The van der Waals surface area contributed by atoms with Gasteiger partial charge in [-0.1, -0.05) is 5.21 Å². The van der Waals surface area contributed by atoms with Gasteiger partial charge >= 0.3 is 0 Å². The minimum atomic E-state index is -0.501. The number of alkyl halides is 1. The van der Waals surface area contributed by atoms with Gasteiger partial charge in [0.05, 0.1) is 39.2 Å². The monoisotopic (exact) mass is 244 g/mol. The summed E-state index contributed by atoms with van der Waals surface area (Å²) in [7, 11) is 0. The average Bonchev–Trinajstić information content (AvgIpc) is 2.77. The molecular formula is C10H16FN3O3. The first-order valence-electron chi connectivity index (χ1n) is 5.41. The molecule has 0 aliphatic rings. The predicted octanol–water partition coefficient (Wildman–Crippen LogP) is 0.370. The molecule has 0 spiro atoms. The van der Waals surface area contributed by atoms with Crippen molar-refractivity contribution in [3.05, 3.63) is 11.9 Å². The zero-order chi connectivity index (χ0) is 12.3. The molecule has 0 radical (unpaired) electrons. The van der Waals surface area contributed by atoms with Crippen molar-refractivity contribution in [1.82, 2.24) is 15.0 Å². The van der Waals surface area contributed by atoms with E-state index in [0.717, 1.165) is 6.29 Å². The predicted molar refractivity (Wildman–Crippen MR) is 57.2 cm³/mol. The Hall–Kier alpha value is -1.34. The molecule has 1 heterocycles. The van der Waals surface area contributed by atoms with E-state index in [9.17, 15) is 9.18 Å². The molecule has 0 atom stereocenters. The minimum absolute atomic E-state index is 0.0711. The maximum atomic E-state index is 11.8. The average molecular weight is 244 g/mol. The first-order chi connectivity index (χ1) is 8.36. The highest BCUT2D eigenvalue weighted by Crippen LogP contribution is 1.96. The summed E-state index contributed by atoms with van der Waals surface area (Å²) in [5.41, 5.74) is 0.659. The van der Waals surface area contributed by atoms with Crippen LogP contribution in [0.3, 0.4) is 0 Å². The van der Waals surface area contributed by atoms with E-state index in [4.69, 9.17) is 9.47 Å². The van der Waals surface area contributed by atoms with Gasteiger partial charge in [0.15, 0.2) is 0 Å². The number of carbonyl (C=O) groups excluding carboxylic acids is 1. The molecule has 0 unspecified atom stereocenters. The lowest BCUT2D eigenvalue weighted by Gasteiger charge is -2.01. The molecule has 0 bridgehead atoms. The Morgan fingerprint density at radius 2 is 2.24 bits per heavy atom. The molecule has 6 nitrogen and oxygen atoms in total. The van der Waals surface area contributed by atoms with E-state index in [1.807, 2.05) is 0 Å². The Balaban J connectivity index is 2.14. The number of rotatable bonds is 10.